The maximum absolute atomic E-state index is 15.1. The molecule has 0 aliphatic heterocycles. The van der Waals surface area contributed by atoms with Crippen molar-refractivity contribution in [1.82, 2.24) is 0 Å². The SMILES string of the molecule is CCCC[B-](c1c(F)c(F)c(F)c(F)c1F)(c1c(F)c(F)c(F)c(F)c1F)c1c(F)c(F)c(F)c(F)c1F.C[N+](C)(C)C. The zero-order valence-corrected chi connectivity index (χ0v) is 22.8. The largest absolute Gasteiger partial charge is 0.333 e. The first-order valence-corrected chi connectivity index (χ1v) is 12.1. The summed E-state index contributed by atoms with van der Waals surface area (Å²) in [6.45, 7) is 1.18. The van der Waals surface area contributed by atoms with Crippen LogP contribution in [0, 0.1) is 87.3 Å². The van der Waals surface area contributed by atoms with Crippen molar-refractivity contribution in [3.8, 4) is 0 Å². The quantitative estimate of drug-likeness (QED) is 0.0965. The van der Waals surface area contributed by atoms with Gasteiger partial charge in [0.1, 0.15) is 41.0 Å². The smallest absolute Gasteiger partial charge is 0.200 e. The lowest BCUT2D eigenvalue weighted by molar-refractivity contribution is -0.849. The van der Waals surface area contributed by atoms with Crippen LogP contribution in [0.3, 0.4) is 0 Å². The molecule has 3 aromatic carbocycles. The van der Waals surface area contributed by atoms with Crippen LogP contribution in [-0.2, 0) is 0 Å². The second-order valence-corrected chi connectivity index (χ2v) is 10.8. The molecule has 0 N–H and O–H groups in total. The fourth-order valence-electron chi connectivity index (χ4n) is 4.54. The molecule has 0 saturated heterocycles. The molecule has 1 nitrogen and oxygen atoms in total. The molecular formula is C26H21BF15N. The molecule has 0 aliphatic carbocycles. The van der Waals surface area contributed by atoms with E-state index < -0.39 is 123 Å². The van der Waals surface area contributed by atoms with Gasteiger partial charge >= 0.3 is 0 Å². The number of quaternary nitrogens is 1. The standard InChI is InChI=1S/C22H9BF15.C4H12N/c1-2-3-4-23(5-8(24)14(30)20(36)15(31)9(5)25,6-10(26)16(32)21(37)17(33)11(6)27)7-12(28)18(34)22(38)19(35)13(7)29;1-5(2,3)4/h2-4H2,1H3;1-4H3/q-1;+1. The van der Waals surface area contributed by atoms with Crippen LogP contribution in [0.2, 0.25) is 6.32 Å². The Morgan fingerprint density at radius 3 is 0.698 bits per heavy atom. The molecule has 0 saturated carbocycles. The Morgan fingerprint density at radius 1 is 0.372 bits per heavy atom. The lowest BCUT2D eigenvalue weighted by Crippen LogP contribution is -2.73. The third-order valence-corrected chi connectivity index (χ3v) is 6.20. The summed E-state index contributed by atoms with van der Waals surface area (Å²) >= 11 is 0. The lowest BCUT2D eigenvalue weighted by atomic mass is 9.13. The van der Waals surface area contributed by atoms with Gasteiger partial charge in [0.25, 0.3) is 0 Å². The van der Waals surface area contributed by atoms with Gasteiger partial charge in [-0.3, -0.25) is 0 Å². The first-order chi connectivity index (χ1) is 19.6. The number of nitrogens with zero attached hydrogens (tertiary/aromatic N) is 1. The predicted octanol–water partition coefficient (Wildman–Crippen LogP) is 6.37. The van der Waals surface area contributed by atoms with Gasteiger partial charge in [0, 0.05) is 0 Å². The molecule has 0 bridgehead atoms. The summed E-state index contributed by atoms with van der Waals surface area (Å²) in [6, 6.07) is 0. The van der Waals surface area contributed by atoms with Gasteiger partial charge in [0.15, 0.2) is 52.4 Å². The highest BCUT2D eigenvalue weighted by atomic mass is 19.2. The molecule has 3 rings (SSSR count). The molecule has 238 valence electrons. The van der Waals surface area contributed by atoms with E-state index in [0.717, 1.165) is 4.48 Å². The first kappa shape index (κ1) is 35.8. The van der Waals surface area contributed by atoms with Crippen molar-refractivity contribution in [1.29, 1.82) is 0 Å². The molecule has 0 atom stereocenters. The van der Waals surface area contributed by atoms with Crippen molar-refractivity contribution in [3.05, 3.63) is 87.3 Å². The van der Waals surface area contributed by atoms with Crippen LogP contribution in [0.15, 0.2) is 0 Å². The molecule has 0 radical (unpaired) electrons. The Labute approximate surface area is 235 Å². The van der Waals surface area contributed by atoms with Gasteiger partial charge in [-0.05, 0) is 0 Å². The summed E-state index contributed by atoms with van der Waals surface area (Å²) in [7, 11) is 8.50. The second kappa shape index (κ2) is 12.7. The average Bonchev–Trinajstić information content (AvgIpc) is 2.92. The molecule has 0 aliphatic rings. The lowest BCUT2D eigenvalue weighted by Gasteiger charge is -2.44. The molecule has 0 fully saturated rings. The zero-order chi connectivity index (χ0) is 33.5. The van der Waals surface area contributed by atoms with Crippen LogP contribution in [0.1, 0.15) is 19.8 Å². The highest BCUT2D eigenvalue weighted by Gasteiger charge is 2.47. The molecule has 0 unspecified atom stereocenters. The molecule has 3 aromatic rings. The maximum atomic E-state index is 15.1. The minimum absolute atomic E-state index is 0.316. The van der Waals surface area contributed by atoms with Crippen molar-refractivity contribution in [2.24, 2.45) is 0 Å². The Hall–Kier alpha value is -3.37. The van der Waals surface area contributed by atoms with Gasteiger partial charge in [0.2, 0.25) is 0 Å². The van der Waals surface area contributed by atoms with E-state index in [9.17, 15) is 39.5 Å². The normalized spacial score (nSPS) is 12.0. The van der Waals surface area contributed by atoms with Crippen molar-refractivity contribution in [2.75, 3.05) is 28.2 Å². The fourth-order valence-corrected chi connectivity index (χ4v) is 4.54. The van der Waals surface area contributed by atoms with E-state index in [1.165, 1.54) is 6.92 Å². The van der Waals surface area contributed by atoms with Crippen molar-refractivity contribution in [3.63, 3.8) is 0 Å². The van der Waals surface area contributed by atoms with Crippen LogP contribution in [0.25, 0.3) is 0 Å². The van der Waals surface area contributed by atoms with E-state index in [1.807, 2.05) is 0 Å². The van der Waals surface area contributed by atoms with Crippen molar-refractivity contribution < 1.29 is 70.3 Å². The Kier molecular flexibility index (Phi) is 10.6. The van der Waals surface area contributed by atoms with E-state index in [0.29, 0.717) is 0 Å². The highest BCUT2D eigenvalue weighted by Crippen LogP contribution is 2.30. The van der Waals surface area contributed by atoms with Gasteiger partial charge in [-0.25, -0.2) is 65.9 Å². The van der Waals surface area contributed by atoms with Crippen molar-refractivity contribution in [2.45, 2.75) is 26.1 Å². The van der Waals surface area contributed by atoms with E-state index in [2.05, 4.69) is 28.2 Å². The second-order valence-electron chi connectivity index (χ2n) is 10.8. The number of benzene rings is 3. The van der Waals surface area contributed by atoms with E-state index in [4.69, 9.17) is 0 Å². The van der Waals surface area contributed by atoms with Gasteiger partial charge in [0.05, 0.1) is 28.2 Å². The Morgan fingerprint density at radius 2 is 0.535 bits per heavy atom. The van der Waals surface area contributed by atoms with Gasteiger partial charge in [-0.15, -0.1) is 16.4 Å². The third kappa shape index (κ3) is 6.18. The van der Waals surface area contributed by atoms with Crippen LogP contribution in [0.5, 0.6) is 0 Å². The highest BCUT2D eigenvalue weighted by molar-refractivity contribution is 7.11. The summed E-state index contributed by atoms with van der Waals surface area (Å²) in [5, 5.41) is 0. The number of halogens is 15. The Balaban J connectivity index is 0.00000119. The third-order valence-electron chi connectivity index (χ3n) is 6.20. The van der Waals surface area contributed by atoms with Crippen LogP contribution in [-0.4, -0.2) is 38.8 Å². The summed E-state index contributed by atoms with van der Waals surface area (Å²) in [4.78, 5) is 0. The van der Waals surface area contributed by atoms with E-state index >= 15 is 26.3 Å². The summed E-state index contributed by atoms with van der Waals surface area (Å²) in [5.74, 6) is -44.7. The van der Waals surface area contributed by atoms with Crippen LogP contribution in [0.4, 0.5) is 65.9 Å². The van der Waals surface area contributed by atoms with Gasteiger partial charge in [-0.1, -0.05) is 19.8 Å². The molecule has 0 heterocycles. The average molecular weight is 643 g/mol. The summed E-state index contributed by atoms with van der Waals surface area (Å²) in [6.07, 6.45) is -8.14. The van der Waals surface area contributed by atoms with E-state index in [-0.39, 0.29) is 6.42 Å². The number of hydrogen-bond acceptors (Lipinski definition) is 0. The molecule has 43 heavy (non-hydrogen) atoms. The summed E-state index contributed by atoms with van der Waals surface area (Å²) < 4.78 is 218. The fraction of sp³-hybridized carbons (Fsp3) is 0.308. The minimum Gasteiger partial charge on any atom is -0.333 e. The molecule has 0 amide bonds. The Bertz CT molecular complexity index is 1310. The monoisotopic (exact) mass is 643 g/mol. The first-order valence-electron chi connectivity index (χ1n) is 12.1. The van der Waals surface area contributed by atoms with E-state index in [1.54, 1.807) is 0 Å². The predicted molar refractivity (Wildman–Crippen MR) is 127 cm³/mol. The number of hydrogen-bond donors (Lipinski definition) is 0. The minimum atomic E-state index is -5.41. The van der Waals surface area contributed by atoms with Gasteiger partial charge < -0.3 is 4.48 Å². The van der Waals surface area contributed by atoms with Gasteiger partial charge in [-0.2, -0.15) is 6.32 Å². The summed E-state index contributed by atoms with van der Waals surface area (Å²) in [5.41, 5.74) is -7.70. The zero-order valence-electron chi connectivity index (χ0n) is 22.8. The molecular weight excluding hydrogens is 622 g/mol. The molecule has 0 aromatic heterocycles. The topological polar surface area (TPSA) is 0 Å². The van der Waals surface area contributed by atoms with Crippen LogP contribution < -0.4 is 16.4 Å². The molecule has 17 heteroatoms. The number of rotatable bonds is 6. The van der Waals surface area contributed by atoms with Crippen LogP contribution >= 0.6 is 0 Å². The maximum Gasteiger partial charge on any atom is 0.200 e. The number of unbranched alkanes of at least 4 members (excludes halogenated alkanes) is 1. The molecule has 0 spiro atoms. The van der Waals surface area contributed by atoms with Crippen molar-refractivity contribution >= 4 is 22.5 Å².